The Morgan fingerprint density at radius 2 is 2.38 bits per heavy atom. The molecule has 0 saturated carbocycles. The molecule has 0 amide bonds. The summed E-state index contributed by atoms with van der Waals surface area (Å²) in [6.07, 6.45) is 3.75. The Kier molecular flexibility index (Phi) is 3.82. The van der Waals surface area contributed by atoms with Gasteiger partial charge in [-0.3, -0.25) is 0 Å². The smallest absolute Gasteiger partial charge is 0.227 e. The highest BCUT2D eigenvalue weighted by atomic mass is 32.2. The third kappa shape index (κ3) is 3.10. The molecule has 1 aromatic heterocycles. The zero-order valence-corrected chi connectivity index (χ0v) is 8.71. The normalized spacial score (nSPS) is 10.0. The summed E-state index contributed by atoms with van der Waals surface area (Å²) in [4.78, 5) is 10.2. The summed E-state index contributed by atoms with van der Waals surface area (Å²) in [6.45, 7) is 0.935. The van der Waals surface area contributed by atoms with Crippen molar-refractivity contribution in [2.45, 2.75) is 0 Å². The topological polar surface area (TPSA) is 55.0 Å². The third-order valence-corrected chi connectivity index (χ3v) is 2.23. The van der Waals surface area contributed by atoms with Crippen molar-refractivity contribution in [3.05, 3.63) is 12.3 Å². The molecule has 0 fully saturated rings. The van der Waals surface area contributed by atoms with Crippen LogP contribution in [0.4, 0.5) is 11.8 Å². The second-order valence-electron chi connectivity index (χ2n) is 2.70. The highest BCUT2D eigenvalue weighted by Crippen LogP contribution is 2.06. The maximum absolute atomic E-state index is 5.54. The van der Waals surface area contributed by atoms with E-state index in [0.717, 1.165) is 12.3 Å². The van der Waals surface area contributed by atoms with Gasteiger partial charge < -0.3 is 10.6 Å². The number of rotatable bonds is 4. The molecule has 0 aliphatic rings. The lowest BCUT2D eigenvalue weighted by molar-refractivity contribution is 0.910. The van der Waals surface area contributed by atoms with E-state index in [1.54, 1.807) is 24.0 Å². The number of aromatic nitrogens is 2. The van der Waals surface area contributed by atoms with Gasteiger partial charge in [0.15, 0.2) is 0 Å². The molecule has 0 atom stereocenters. The van der Waals surface area contributed by atoms with Crippen molar-refractivity contribution in [1.82, 2.24) is 9.97 Å². The number of nitrogen functional groups attached to an aromatic ring is 1. The molecule has 1 heterocycles. The van der Waals surface area contributed by atoms with Crippen LogP contribution in [0.25, 0.3) is 0 Å². The summed E-state index contributed by atoms with van der Waals surface area (Å²) in [5, 5.41) is 0. The summed E-state index contributed by atoms with van der Waals surface area (Å²) in [5.74, 6) is 2.27. The number of nitrogens with two attached hydrogens (primary N) is 1. The van der Waals surface area contributed by atoms with E-state index in [1.807, 2.05) is 11.9 Å². The molecule has 0 unspecified atom stereocenters. The van der Waals surface area contributed by atoms with Crippen molar-refractivity contribution in [2.24, 2.45) is 0 Å². The summed E-state index contributed by atoms with van der Waals surface area (Å²) in [5.41, 5.74) is 5.54. The SMILES string of the molecule is CSCCN(C)c1nccc(N)n1. The Morgan fingerprint density at radius 1 is 1.62 bits per heavy atom. The number of thioether (sulfide) groups is 1. The van der Waals surface area contributed by atoms with Crippen molar-refractivity contribution in [2.75, 3.05) is 36.2 Å². The number of anilines is 2. The molecule has 1 rings (SSSR count). The largest absolute Gasteiger partial charge is 0.384 e. The van der Waals surface area contributed by atoms with Crippen LogP contribution in [0.15, 0.2) is 12.3 Å². The molecule has 1 aromatic rings. The van der Waals surface area contributed by atoms with E-state index in [4.69, 9.17) is 5.73 Å². The minimum absolute atomic E-state index is 0.515. The van der Waals surface area contributed by atoms with Gasteiger partial charge in [-0.15, -0.1) is 0 Å². The summed E-state index contributed by atoms with van der Waals surface area (Å²) in [7, 11) is 1.96. The molecule has 4 nitrogen and oxygen atoms in total. The first-order chi connectivity index (χ1) is 6.24. The highest BCUT2D eigenvalue weighted by Gasteiger charge is 2.02. The Bertz CT molecular complexity index is 266. The molecule has 5 heteroatoms. The molecule has 0 bridgehead atoms. The van der Waals surface area contributed by atoms with Gasteiger partial charge in [0.1, 0.15) is 5.82 Å². The van der Waals surface area contributed by atoms with E-state index >= 15 is 0 Å². The molecule has 0 spiro atoms. The lowest BCUT2D eigenvalue weighted by Crippen LogP contribution is -2.22. The van der Waals surface area contributed by atoms with Crippen LogP contribution in [-0.2, 0) is 0 Å². The third-order valence-electron chi connectivity index (χ3n) is 1.64. The Morgan fingerprint density at radius 3 is 3.00 bits per heavy atom. The van der Waals surface area contributed by atoms with Crippen LogP contribution < -0.4 is 10.6 Å². The van der Waals surface area contributed by atoms with Crippen molar-refractivity contribution in [1.29, 1.82) is 0 Å². The minimum atomic E-state index is 0.515. The minimum Gasteiger partial charge on any atom is -0.384 e. The molecule has 0 aliphatic heterocycles. The predicted octanol–water partition coefficient (Wildman–Crippen LogP) is 0.858. The van der Waals surface area contributed by atoms with Crippen LogP contribution in [0.2, 0.25) is 0 Å². The van der Waals surface area contributed by atoms with Gasteiger partial charge in [-0.1, -0.05) is 0 Å². The number of hydrogen-bond acceptors (Lipinski definition) is 5. The van der Waals surface area contributed by atoms with Crippen LogP contribution in [0.3, 0.4) is 0 Å². The van der Waals surface area contributed by atoms with Gasteiger partial charge in [0.25, 0.3) is 0 Å². The maximum Gasteiger partial charge on any atom is 0.227 e. The van der Waals surface area contributed by atoms with E-state index in [9.17, 15) is 0 Å². The van der Waals surface area contributed by atoms with Gasteiger partial charge in [0.05, 0.1) is 0 Å². The number of hydrogen-bond donors (Lipinski definition) is 1. The molecule has 0 radical (unpaired) electrons. The molecule has 0 saturated heterocycles. The van der Waals surface area contributed by atoms with Crippen molar-refractivity contribution < 1.29 is 0 Å². The molecule has 72 valence electrons. The Hall–Kier alpha value is -0.970. The van der Waals surface area contributed by atoms with Gasteiger partial charge in [-0.05, 0) is 12.3 Å². The average Bonchev–Trinajstić information content (AvgIpc) is 2.14. The molecule has 13 heavy (non-hydrogen) atoms. The quantitative estimate of drug-likeness (QED) is 0.777. The fraction of sp³-hybridized carbons (Fsp3) is 0.500. The number of nitrogens with zero attached hydrogens (tertiary/aromatic N) is 3. The zero-order chi connectivity index (χ0) is 9.68. The second kappa shape index (κ2) is 4.91. The summed E-state index contributed by atoms with van der Waals surface area (Å²) >= 11 is 1.80. The van der Waals surface area contributed by atoms with Crippen LogP contribution >= 0.6 is 11.8 Å². The van der Waals surface area contributed by atoms with Gasteiger partial charge in [0.2, 0.25) is 5.95 Å². The Balaban J connectivity index is 2.60. The lowest BCUT2D eigenvalue weighted by atomic mass is 10.6. The summed E-state index contributed by atoms with van der Waals surface area (Å²) < 4.78 is 0. The van der Waals surface area contributed by atoms with Gasteiger partial charge >= 0.3 is 0 Å². The standard InChI is InChI=1S/C8H14N4S/c1-12(5-6-13-2)8-10-4-3-7(9)11-8/h3-4H,5-6H2,1-2H3,(H2,9,10,11). The first-order valence-electron chi connectivity index (χ1n) is 4.02. The van der Waals surface area contributed by atoms with Crippen LogP contribution in [0, 0.1) is 0 Å². The fourth-order valence-electron chi connectivity index (χ4n) is 0.874. The van der Waals surface area contributed by atoms with Crippen molar-refractivity contribution in [3.63, 3.8) is 0 Å². The van der Waals surface area contributed by atoms with E-state index in [0.29, 0.717) is 11.8 Å². The van der Waals surface area contributed by atoms with E-state index in [-0.39, 0.29) is 0 Å². The zero-order valence-electron chi connectivity index (χ0n) is 7.90. The molecule has 2 N–H and O–H groups in total. The van der Waals surface area contributed by atoms with Crippen molar-refractivity contribution in [3.8, 4) is 0 Å². The van der Waals surface area contributed by atoms with Gasteiger partial charge in [-0.25, -0.2) is 4.98 Å². The van der Waals surface area contributed by atoms with Gasteiger partial charge in [0, 0.05) is 25.5 Å². The highest BCUT2D eigenvalue weighted by molar-refractivity contribution is 7.98. The first kappa shape index (κ1) is 10.1. The predicted molar refractivity (Wildman–Crippen MR) is 58.1 cm³/mol. The average molecular weight is 198 g/mol. The van der Waals surface area contributed by atoms with Gasteiger partial charge in [-0.2, -0.15) is 16.7 Å². The Labute approximate surface area is 82.6 Å². The molecular formula is C8H14N4S. The molecule has 0 aliphatic carbocycles. The van der Waals surface area contributed by atoms with Crippen LogP contribution in [0.5, 0.6) is 0 Å². The van der Waals surface area contributed by atoms with E-state index < -0.39 is 0 Å². The monoisotopic (exact) mass is 198 g/mol. The first-order valence-corrected chi connectivity index (χ1v) is 5.42. The van der Waals surface area contributed by atoms with E-state index in [2.05, 4.69) is 16.2 Å². The van der Waals surface area contributed by atoms with Crippen LogP contribution in [-0.4, -0.2) is 35.6 Å². The summed E-state index contributed by atoms with van der Waals surface area (Å²) in [6, 6.07) is 1.69. The van der Waals surface area contributed by atoms with E-state index in [1.165, 1.54) is 0 Å². The molecule has 0 aromatic carbocycles. The molecular weight excluding hydrogens is 184 g/mol. The second-order valence-corrected chi connectivity index (χ2v) is 3.68. The van der Waals surface area contributed by atoms with Crippen LogP contribution in [0.1, 0.15) is 0 Å². The maximum atomic E-state index is 5.54. The van der Waals surface area contributed by atoms with Crippen molar-refractivity contribution >= 4 is 23.5 Å². The lowest BCUT2D eigenvalue weighted by Gasteiger charge is -2.15. The fourth-order valence-corrected chi connectivity index (χ4v) is 1.33.